The molecule has 0 bridgehead atoms. The molecule has 0 saturated carbocycles. The molecule has 0 unspecified atom stereocenters. The molecule has 0 spiro atoms. The van der Waals surface area contributed by atoms with E-state index in [1.54, 1.807) is 39.8 Å². The number of hydrogen-bond acceptors (Lipinski definition) is 5. The molecule has 5 nitrogen and oxygen atoms in total. The third-order valence-electron chi connectivity index (χ3n) is 5.73. The lowest BCUT2D eigenvalue weighted by Gasteiger charge is -2.37. The maximum Gasteiger partial charge on any atom is 0.331 e. The van der Waals surface area contributed by atoms with Crippen LogP contribution in [0.5, 0.6) is 23.0 Å². The fourth-order valence-electron chi connectivity index (χ4n) is 3.16. The van der Waals surface area contributed by atoms with Crippen LogP contribution in [0.1, 0.15) is 33.3 Å². The van der Waals surface area contributed by atoms with Crippen LogP contribution in [0.4, 0.5) is 0 Å². The molecule has 0 atom stereocenters. The van der Waals surface area contributed by atoms with E-state index in [0.717, 1.165) is 0 Å². The smallest absolute Gasteiger partial charge is 0.331 e. The van der Waals surface area contributed by atoms with Crippen molar-refractivity contribution in [3.63, 3.8) is 0 Å². The summed E-state index contributed by atoms with van der Waals surface area (Å²) in [5.74, 6) is 2.27. The number of nitriles is 1. The summed E-state index contributed by atoms with van der Waals surface area (Å²) in [5.41, 5.74) is 0.268. The Kier molecular flexibility index (Phi) is 5.68. The van der Waals surface area contributed by atoms with Crippen LogP contribution >= 0.6 is 11.6 Å². The number of nitrogens with zero attached hydrogens (tertiary/aromatic N) is 1. The molecule has 1 radical (unpaired) electrons. The van der Waals surface area contributed by atoms with E-state index in [4.69, 9.17) is 25.7 Å². The number of ether oxygens (including phenoxy) is 2. The van der Waals surface area contributed by atoms with Gasteiger partial charge in [0.1, 0.15) is 0 Å². The van der Waals surface area contributed by atoms with E-state index in [-0.39, 0.29) is 0 Å². The highest BCUT2D eigenvalue weighted by Gasteiger charge is 2.36. The molecule has 32 heavy (non-hydrogen) atoms. The van der Waals surface area contributed by atoms with Crippen molar-refractivity contribution in [2.75, 3.05) is 0 Å². The van der Waals surface area contributed by atoms with Gasteiger partial charge in [0.05, 0.1) is 22.8 Å². The highest BCUT2D eigenvalue weighted by molar-refractivity contribution is 6.48. The van der Waals surface area contributed by atoms with Crippen LogP contribution in [-0.2, 0) is 4.65 Å². The topological polar surface area (TPSA) is 71.7 Å². The molecule has 3 aromatic carbocycles. The van der Waals surface area contributed by atoms with E-state index in [1.807, 2.05) is 42.5 Å². The van der Waals surface area contributed by atoms with E-state index < -0.39 is 11.2 Å². The van der Waals surface area contributed by atoms with Crippen molar-refractivity contribution >= 4 is 24.5 Å². The number of fused-ring (bicyclic) bond motifs is 2. The van der Waals surface area contributed by atoms with Crippen molar-refractivity contribution in [3.05, 3.63) is 65.2 Å². The summed E-state index contributed by atoms with van der Waals surface area (Å²) in [6.45, 7) is 6.93. The Morgan fingerprint density at radius 1 is 0.969 bits per heavy atom. The first kappa shape index (κ1) is 22.2. The van der Waals surface area contributed by atoms with Crippen molar-refractivity contribution in [3.8, 4) is 40.2 Å². The predicted octanol–water partition coefficient (Wildman–Crippen LogP) is 5.59. The standard InChI is InChI=1S/C25H22BClNO4/c1-24(2,29)25(3,4)32-26-16-12-15(14-28)22(18(27)13-16)17-8-7-11-21-23(17)31-20-10-6-5-9-19(20)30-21/h5-13,29H,1-4H3. The molecule has 1 aliphatic rings. The molecule has 0 saturated heterocycles. The highest BCUT2D eigenvalue weighted by atomic mass is 35.5. The summed E-state index contributed by atoms with van der Waals surface area (Å²) in [5, 5.41) is 20.5. The monoisotopic (exact) mass is 446 g/mol. The van der Waals surface area contributed by atoms with Crippen molar-refractivity contribution in [2.45, 2.75) is 38.9 Å². The second-order valence-corrected chi connectivity index (χ2v) is 9.03. The van der Waals surface area contributed by atoms with Gasteiger partial charge >= 0.3 is 7.48 Å². The number of halogens is 1. The first-order valence-corrected chi connectivity index (χ1v) is 10.5. The van der Waals surface area contributed by atoms with Crippen LogP contribution in [0, 0.1) is 11.3 Å². The predicted molar refractivity (Wildman–Crippen MR) is 125 cm³/mol. The number of rotatable bonds is 5. The third kappa shape index (κ3) is 4.07. The van der Waals surface area contributed by atoms with E-state index in [0.29, 0.717) is 50.2 Å². The first-order valence-electron chi connectivity index (χ1n) is 10.2. The minimum Gasteiger partial charge on any atom is -0.449 e. The largest absolute Gasteiger partial charge is 0.449 e. The molecule has 161 valence electrons. The van der Waals surface area contributed by atoms with Crippen LogP contribution in [0.15, 0.2) is 54.6 Å². The van der Waals surface area contributed by atoms with Gasteiger partial charge in [0.25, 0.3) is 0 Å². The highest BCUT2D eigenvalue weighted by Crippen LogP contribution is 2.50. The Labute approximate surface area is 193 Å². The van der Waals surface area contributed by atoms with E-state index in [1.165, 1.54) is 7.48 Å². The molecule has 1 aliphatic heterocycles. The van der Waals surface area contributed by atoms with E-state index in [9.17, 15) is 10.4 Å². The molecule has 3 aromatic rings. The molecule has 0 fully saturated rings. The number of hydrogen-bond donors (Lipinski definition) is 1. The average Bonchev–Trinajstić information content (AvgIpc) is 2.75. The fourth-order valence-corrected chi connectivity index (χ4v) is 3.49. The van der Waals surface area contributed by atoms with Crippen molar-refractivity contribution in [1.29, 1.82) is 5.26 Å². The summed E-state index contributed by atoms with van der Waals surface area (Å²) < 4.78 is 17.9. The molecule has 0 aliphatic carbocycles. The van der Waals surface area contributed by atoms with Gasteiger partial charge in [-0.1, -0.05) is 41.3 Å². The summed E-state index contributed by atoms with van der Waals surface area (Å²) in [6.07, 6.45) is 0. The van der Waals surface area contributed by atoms with Gasteiger partial charge < -0.3 is 19.2 Å². The van der Waals surface area contributed by atoms with Crippen LogP contribution in [-0.4, -0.2) is 23.8 Å². The molecule has 1 N–H and O–H groups in total. The molecular weight excluding hydrogens is 425 g/mol. The van der Waals surface area contributed by atoms with Gasteiger partial charge in [-0.05, 0) is 58.0 Å². The van der Waals surface area contributed by atoms with Gasteiger partial charge in [0, 0.05) is 16.1 Å². The zero-order valence-corrected chi connectivity index (χ0v) is 19.0. The summed E-state index contributed by atoms with van der Waals surface area (Å²) in [7, 11) is 1.50. The lowest BCUT2D eigenvalue weighted by atomic mass is 9.81. The quantitative estimate of drug-likeness (QED) is 0.405. The summed E-state index contributed by atoms with van der Waals surface area (Å²) in [4.78, 5) is 0. The minimum atomic E-state index is -1.07. The van der Waals surface area contributed by atoms with Gasteiger partial charge in [-0.2, -0.15) is 5.26 Å². The molecule has 7 heteroatoms. The van der Waals surface area contributed by atoms with Crippen LogP contribution in [0.2, 0.25) is 5.02 Å². The maximum absolute atomic E-state index is 10.3. The Balaban J connectivity index is 1.72. The van der Waals surface area contributed by atoms with Gasteiger partial charge in [0.15, 0.2) is 23.0 Å². The summed E-state index contributed by atoms with van der Waals surface area (Å²) >= 11 is 6.66. The van der Waals surface area contributed by atoms with Crippen molar-refractivity contribution in [2.24, 2.45) is 0 Å². The average molecular weight is 447 g/mol. The number of aliphatic hydroxyl groups is 1. The minimum absolute atomic E-state index is 0.365. The second kappa shape index (κ2) is 8.18. The molecular formula is C25H22BClNO4. The Morgan fingerprint density at radius 3 is 2.28 bits per heavy atom. The lowest BCUT2D eigenvalue weighted by molar-refractivity contribution is -0.0893. The Bertz CT molecular complexity index is 1230. The van der Waals surface area contributed by atoms with Crippen LogP contribution < -0.4 is 14.9 Å². The first-order chi connectivity index (χ1) is 15.1. The normalized spacial score (nSPS) is 12.7. The van der Waals surface area contributed by atoms with Gasteiger partial charge in [-0.15, -0.1) is 0 Å². The number of para-hydroxylation sites is 3. The van der Waals surface area contributed by atoms with Crippen LogP contribution in [0.3, 0.4) is 0 Å². The second-order valence-electron chi connectivity index (χ2n) is 8.63. The SMILES string of the molecule is CC(C)(O)C(C)(C)O[B]c1cc(Cl)c(-c2cccc3c2Oc2ccccc2O3)c(C#N)c1. The molecule has 0 amide bonds. The Hall–Kier alpha value is -2.98. The van der Waals surface area contributed by atoms with Crippen molar-refractivity contribution in [1.82, 2.24) is 0 Å². The van der Waals surface area contributed by atoms with Gasteiger partial charge in [-0.3, -0.25) is 0 Å². The van der Waals surface area contributed by atoms with Gasteiger partial charge in [-0.25, -0.2) is 0 Å². The third-order valence-corrected chi connectivity index (χ3v) is 6.02. The molecule has 4 rings (SSSR count). The van der Waals surface area contributed by atoms with Crippen LogP contribution in [0.25, 0.3) is 11.1 Å². The molecule has 1 heterocycles. The number of benzene rings is 3. The maximum atomic E-state index is 10.3. The lowest BCUT2D eigenvalue weighted by Crippen LogP contribution is -2.49. The van der Waals surface area contributed by atoms with Crippen molar-refractivity contribution < 1.29 is 19.2 Å². The van der Waals surface area contributed by atoms with E-state index >= 15 is 0 Å². The zero-order valence-electron chi connectivity index (χ0n) is 18.3. The fraction of sp³-hybridized carbons (Fsp3) is 0.240. The zero-order chi connectivity index (χ0) is 23.1. The summed E-state index contributed by atoms with van der Waals surface area (Å²) in [6, 6.07) is 18.5. The van der Waals surface area contributed by atoms with Gasteiger partial charge in [0.2, 0.25) is 0 Å². The van der Waals surface area contributed by atoms with E-state index in [2.05, 4.69) is 6.07 Å². The molecule has 0 aromatic heterocycles. The Morgan fingerprint density at radius 2 is 1.62 bits per heavy atom.